The van der Waals surface area contributed by atoms with Crippen LogP contribution in [0.1, 0.15) is 37.6 Å². The SMILES string of the molecule is CC(C)CC(C)OCCOc1ccc(C(=O)NN)cc1. The molecule has 0 aliphatic carbocycles. The summed E-state index contributed by atoms with van der Waals surface area (Å²) in [6.45, 7) is 7.47. The van der Waals surface area contributed by atoms with Gasteiger partial charge in [0.1, 0.15) is 12.4 Å². The Morgan fingerprint density at radius 3 is 2.40 bits per heavy atom. The fourth-order valence-corrected chi connectivity index (χ4v) is 1.93. The lowest BCUT2D eigenvalue weighted by Gasteiger charge is -2.15. The Balaban J connectivity index is 2.27. The maximum Gasteiger partial charge on any atom is 0.265 e. The number of hydrogen-bond acceptors (Lipinski definition) is 4. The molecule has 0 aromatic heterocycles. The molecule has 0 bridgehead atoms. The van der Waals surface area contributed by atoms with Gasteiger partial charge in [-0.25, -0.2) is 5.84 Å². The van der Waals surface area contributed by atoms with Crippen molar-refractivity contribution in [2.75, 3.05) is 13.2 Å². The number of hydrogen-bond donors (Lipinski definition) is 2. The Hall–Kier alpha value is -1.59. The van der Waals surface area contributed by atoms with Gasteiger partial charge in [0.15, 0.2) is 0 Å². The van der Waals surface area contributed by atoms with E-state index in [1.54, 1.807) is 24.3 Å². The largest absolute Gasteiger partial charge is 0.491 e. The van der Waals surface area contributed by atoms with Crippen molar-refractivity contribution < 1.29 is 14.3 Å². The zero-order valence-electron chi connectivity index (χ0n) is 12.4. The van der Waals surface area contributed by atoms with Gasteiger partial charge in [-0.15, -0.1) is 0 Å². The highest BCUT2D eigenvalue weighted by molar-refractivity contribution is 5.93. The van der Waals surface area contributed by atoms with Gasteiger partial charge < -0.3 is 9.47 Å². The van der Waals surface area contributed by atoms with Crippen LogP contribution in [-0.4, -0.2) is 25.2 Å². The minimum Gasteiger partial charge on any atom is -0.491 e. The van der Waals surface area contributed by atoms with Crippen LogP contribution in [0.25, 0.3) is 0 Å². The molecule has 0 aliphatic heterocycles. The molecule has 0 aliphatic rings. The summed E-state index contributed by atoms with van der Waals surface area (Å²) in [5.74, 6) is 6.08. The number of carbonyl (C=O) groups is 1. The van der Waals surface area contributed by atoms with E-state index in [1.165, 1.54) is 0 Å². The second-order valence-corrected chi connectivity index (χ2v) is 5.16. The Bertz CT molecular complexity index is 404. The van der Waals surface area contributed by atoms with E-state index >= 15 is 0 Å². The first-order chi connectivity index (χ1) is 9.52. The highest BCUT2D eigenvalue weighted by atomic mass is 16.5. The summed E-state index contributed by atoms with van der Waals surface area (Å²) in [6, 6.07) is 6.81. The van der Waals surface area contributed by atoms with Crippen LogP contribution in [0.2, 0.25) is 0 Å². The van der Waals surface area contributed by atoms with Crippen molar-refractivity contribution in [2.45, 2.75) is 33.3 Å². The van der Waals surface area contributed by atoms with Crippen LogP contribution in [0.15, 0.2) is 24.3 Å². The first kappa shape index (κ1) is 16.5. The summed E-state index contributed by atoms with van der Waals surface area (Å²) in [4.78, 5) is 11.3. The molecule has 20 heavy (non-hydrogen) atoms. The van der Waals surface area contributed by atoms with Gasteiger partial charge in [0, 0.05) is 5.56 Å². The van der Waals surface area contributed by atoms with E-state index in [0.29, 0.717) is 30.4 Å². The molecule has 0 spiro atoms. The van der Waals surface area contributed by atoms with Gasteiger partial charge in [0.2, 0.25) is 0 Å². The number of ether oxygens (including phenoxy) is 2. The molecule has 1 aromatic carbocycles. The molecule has 5 nitrogen and oxygen atoms in total. The maximum absolute atomic E-state index is 11.3. The summed E-state index contributed by atoms with van der Waals surface area (Å²) >= 11 is 0. The van der Waals surface area contributed by atoms with Crippen LogP contribution in [0, 0.1) is 5.92 Å². The van der Waals surface area contributed by atoms with E-state index in [9.17, 15) is 4.79 Å². The van der Waals surface area contributed by atoms with Gasteiger partial charge in [-0.1, -0.05) is 13.8 Å². The predicted molar refractivity (Wildman–Crippen MR) is 78.5 cm³/mol. The van der Waals surface area contributed by atoms with Crippen molar-refractivity contribution >= 4 is 5.91 Å². The second kappa shape index (κ2) is 8.55. The van der Waals surface area contributed by atoms with E-state index < -0.39 is 0 Å². The molecule has 1 atom stereocenters. The van der Waals surface area contributed by atoms with Crippen LogP contribution >= 0.6 is 0 Å². The van der Waals surface area contributed by atoms with Crippen LogP contribution in [0.5, 0.6) is 5.75 Å². The van der Waals surface area contributed by atoms with Crippen LogP contribution in [-0.2, 0) is 4.74 Å². The van der Waals surface area contributed by atoms with Crippen molar-refractivity contribution in [3.8, 4) is 5.75 Å². The Kier molecular flexibility index (Phi) is 7.04. The second-order valence-electron chi connectivity index (χ2n) is 5.16. The zero-order valence-corrected chi connectivity index (χ0v) is 12.4. The van der Waals surface area contributed by atoms with Gasteiger partial charge in [0.05, 0.1) is 12.7 Å². The van der Waals surface area contributed by atoms with Crippen molar-refractivity contribution in [3.05, 3.63) is 29.8 Å². The molecule has 1 amide bonds. The van der Waals surface area contributed by atoms with E-state index in [0.717, 1.165) is 6.42 Å². The normalized spacial score (nSPS) is 12.2. The highest BCUT2D eigenvalue weighted by Crippen LogP contribution is 2.12. The standard InChI is InChI=1S/C15H24N2O3/c1-11(2)10-12(3)19-8-9-20-14-6-4-13(5-7-14)15(18)17-16/h4-7,11-12H,8-10,16H2,1-3H3,(H,17,18). The minimum atomic E-state index is -0.317. The van der Waals surface area contributed by atoms with E-state index in [2.05, 4.69) is 26.2 Å². The smallest absolute Gasteiger partial charge is 0.265 e. The van der Waals surface area contributed by atoms with Crippen LogP contribution < -0.4 is 16.0 Å². The number of rotatable bonds is 8. The van der Waals surface area contributed by atoms with Gasteiger partial charge in [-0.05, 0) is 43.5 Å². The number of amides is 1. The molecule has 1 aromatic rings. The van der Waals surface area contributed by atoms with Crippen LogP contribution in [0.4, 0.5) is 0 Å². The van der Waals surface area contributed by atoms with E-state index in [1.807, 2.05) is 0 Å². The van der Waals surface area contributed by atoms with Crippen LogP contribution in [0.3, 0.4) is 0 Å². The molecule has 3 N–H and O–H groups in total. The molecule has 1 unspecified atom stereocenters. The fourth-order valence-electron chi connectivity index (χ4n) is 1.93. The summed E-state index contributed by atoms with van der Waals surface area (Å²) in [6.07, 6.45) is 1.29. The fraction of sp³-hybridized carbons (Fsp3) is 0.533. The predicted octanol–water partition coefficient (Wildman–Crippen LogP) is 2.12. The van der Waals surface area contributed by atoms with Gasteiger partial charge >= 0.3 is 0 Å². The Labute approximate surface area is 120 Å². The molecule has 0 saturated heterocycles. The molecular weight excluding hydrogens is 256 g/mol. The number of nitrogen functional groups attached to an aromatic ring is 1. The van der Waals surface area contributed by atoms with Gasteiger partial charge in [-0.2, -0.15) is 0 Å². The number of carbonyl (C=O) groups excluding carboxylic acids is 1. The first-order valence-electron chi connectivity index (χ1n) is 6.88. The summed E-state index contributed by atoms with van der Waals surface area (Å²) < 4.78 is 11.2. The first-order valence-corrected chi connectivity index (χ1v) is 6.88. The summed E-state index contributed by atoms with van der Waals surface area (Å²) in [7, 11) is 0. The molecular formula is C15H24N2O3. The van der Waals surface area contributed by atoms with E-state index in [-0.39, 0.29) is 12.0 Å². The molecule has 112 valence electrons. The van der Waals surface area contributed by atoms with Gasteiger partial charge in [0.25, 0.3) is 5.91 Å². The number of hydrazine groups is 1. The minimum absolute atomic E-state index is 0.245. The summed E-state index contributed by atoms with van der Waals surface area (Å²) in [5.41, 5.74) is 2.58. The number of nitrogens with two attached hydrogens (primary N) is 1. The lowest BCUT2D eigenvalue weighted by molar-refractivity contribution is 0.0331. The molecule has 1 rings (SSSR count). The quantitative estimate of drug-likeness (QED) is 0.331. The topological polar surface area (TPSA) is 73.6 Å². The average Bonchev–Trinajstić information content (AvgIpc) is 2.42. The summed E-state index contributed by atoms with van der Waals surface area (Å²) in [5, 5.41) is 0. The molecule has 0 heterocycles. The number of nitrogens with one attached hydrogen (secondary N) is 1. The van der Waals surface area contributed by atoms with E-state index in [4.69, 9.17) is 15.3 Å². The number of benzene rings is 1. The Morgan fingerprint density at radius 2 is 1.85 bits per heavy atom. The van der Waals surface area contributed by atoms with Crippen molar-refractivity contribution in [3.63, 3.8) is 0 Å². The Morgan fingerprint density at radius 1 is 1.20 bits per heavy atom. The molecule has 0 saturated carbocycles. The average molecular weight is 280 g/mol. The highest BCUT2D eigenvalue weighted by Gasteiger charge is 2.05. The zero-order chi connectivity index (χ0) is 15.0. The van der Waals surface area contributed by atoms with Gasteiger partial charge in [-0.3, -0.25) is 10.2 Å². The van der Waals surface area contributed by atoms with Crippen molar-refractivity contribution in [1.82, 2.24) is 5.43 Å². The third-order valence-electron chi connectivity index (χ3n) is 2.81. The third kappa shape index (κ3) is 6.04. The molecule has 0 fully saturated rings. The molecule has 0 radical (unpaired) electrons. The van der Waals surface area contributed by atoms with Crippen molar-refractivity contribution in [1.29, 1.82) is 0 Å². The third-order valence-corrected chi connectivity index (χ3v) is 2.81. The van der Waals surface area contributed by atoms with Crippen molar-refractivity contribution in [2.24, 2.45) is 11.8 Å². The lowest BCUT2D eigenvalue weighted by atomic mass is 10.1. The lowest BCUT2D eigenvalue weighted by Crippen LogP contribution is -2.29. The monoisotopic (exact) mass is 280 g/mol. The molecule has 5 heteroatoms. The maximum atomic E-state index is 11.3.